The van der Waals surface area contributed by atoms with Gasteiger partial charge in [0.1, 0.15) is 11.4 Å². The van der Waals surface area contributed by atoms with Crippen LogP contribution in [0.25, 0.3) is 5.69 Å². The highest BCUT2D eigenvalue weighted by Crippen LogP contribution is 2.34. The van der Waals surface area contributed by atoms with E-state index in [1.54, 1.807) is 24.1 Å². The molecule has 1 saturated heterocycles. The molecule has 1 aliphatic rings. The minimum absolute atomic E-state index is 0.298. The zero-order valence-electron chi connectivity index (χ0n) is 16.9. The van der Waals surface area contributed by atoms with Gasteiger partial charge in [0.2, 0.25) is 0 Å². The summed E-state index contributed by atoms with van der Waals surface area (Å²) in [6, 6.07) is 13.0. The number of hydrogen-bond acceptors (Lipinski definition) is 5. The topological polar surface area (TPSA) is 68.6 Å². The van der Waals surface area contributed by atoms with E-state index in [0.717, 1.165) is 16.9 Å². The molecule has 1 fully saturated rings. The normalized spacial score (nSPS) is 13.9. The summed E-state index contributed by atoms with van der Waals surface area (Å²) in [7, 11) is 1.61. The maximum absolute atomic E-state index is 12.9. The highest BCUT2D eigenvalue weighted by Gasteiger charge is 2.20. The number of nitrogens with one attached hydrogen (secondary N) is 1. The zero-order chi connectivity index (χ0) is 21.1. The number of aryl methyl sites for hydroxylation is 1. The van der Waals surface area contributed by atoms with Crippen molar-refractivity contribution in [1.29, 1.82) is 0 Å². The number of anilines is 2. The number of morpholine rings is 1. The van der Waals surface area contributed by atoms with Crippen LogP contribution in [-0.4, -0.2) is 49.1 Å². The number of hydrogen-bond donors (Lipinski definition) is 1. The molecular formula is C22H23ClN4O3. The van der Waals surface area contributed by atoms with Gasteiger partial charge in [-0.25, -0.2) is 4.68 Å². The van der Waals surface area contributed by atoms with Gasteiger partial charge in [0.25, 0.3) is 5.91 Å². The number of ether oxygens (including phenoxy) is 2. The summed E-state index contributed by atoms with van der Waals surface area (Å²) in [6.07, 6.45) is 1.74. The molecule has 156 valence electrons. The van der Waals surface area contributed by atoms with Crippen molar-refractivity contribution >= 4 is 28.9 Å². The minimum Gasteiger partial charge on any atom is -0.494 e. The molecule has 0 saturated carbocycles. The number of nitrogens with zero attached hydrogens (tertiary/aromatic N) is 3. The van der Waals surface area contributed by atoms with Crippen molar-refractivity contribution in [2.75, 3.05) is 43.6 Å². The maximum atomic E-state index is 12.9. The second-order valence-electron chi connectivity index (χ2n) is 7.01. The quantitative estimate of drug-likeness (QED) is 0.669. The monoisotopic (exact) mass is 426 g/mol. The second kappa shape index (κ2) is 8.77. The van der Waals surface area contributed by atoms with Gasteiger partial charge in [0, 0.05) is 19.3 Å². The van der Waals surface area contributed by atoms with Crippen LogP contribution in [0.3, 0.4) is 0 Å². The van der Waals surface area contributed by atoms with Crippen LogP contribution >= 0.6 is 11.6 Å². The van der Waals surface area contributed by atoms with E-state index in [2.05, 4.69) is 15.3 Å². The molecule has 7 nitrogen and oxygen atoms in total. The number of aromatic nitrogens is 2. The molecule has 8 heteroatoms. The average Bonchev–Trinajstić information content (AvgIpc) is 3.25. The molecule has 0 unspecified atom stereocenters. The van der Waals surface area contributed by atoms with E-state index in [9.17, 15) is 4.79 Å². The Morgan fingerprint density at radius 2 is 2.00 bits per heavy atom. The Morgan fingerprint density at radius 1 is 1.20 bits per heavy atom. The lowest BCUT2D eigenvalue weighted by Crippen LogP contribution is -2.37. The summed E-state index contributed by atoms with van der Waals surface area (Å²) in [5, 5.41) is 7.99. The molecule has 0 atom stereocenters. The molecule has 30 heavy (non-hydrogen) atoms. The summed E-state index contributed by atoms with van der Waals surface area (Å²) < 4.78 is 12.5. The third-order valence-corrected chi connectivity index (χ3v) is 5.27. The molecular weight excluding hydrogens is 404 g/mol. The molecule has 0 aliphatic carbocycles. The van der Waals surface area contributed by atoms with E-state index >= 15 is 0 Å². The van der Waals surface area contributed by atoms with Gasteiger partial charge in [0.15, 0.2) is 5.69 Å². The van der Waals surface area contributed by atoms with Crippen molar-refractivity contribution in [2.24, 2.45) is 0 Å². The van der Waals surface area contributed by atoms with Gasteiger partial charge in [-0.2, -0.15) is 5.10 Å². The van der Waals surface area contributed by atoms with Gasteiger partial charge < -0.3 is 19.7 Å². The molecule has 4 rings (SSSR count). The lowest BCUT2D eigenvalue weighted by atomic mass is 10.2. The molecule has 1 aromatic heterocycles. The number of para-hydroxylation sites is 1. The van der Waals surface area contributed by atoms with Crippen molar-refractivity contribution in [3.05, 3.63) is 64.9 Å². The summed E-state index contributed by atoms with van der Waals surface area (Å²) in [5.74, 6) is 0.372. The Hall–Kier alpha value is -3.03. The lowest BCUT2D eigenvalue weighted by Gasteiger charge is -2.31. The van der Waals surface area contributed by atoms with Crippen LogP contribution in [0.1, 0.15) is 16.1 Å². The number of carbonyl (C=O) groups is 1. The highest BCUT2D eigenvalue weighted by molar-refractivity contribution is 6.34. The first-order chi connectivity index (χ1) is 14.6. The van der Waals surface area contributed by atoms with Gasteiger partial charge in [-0.15, -0.1) is 0 Å². The Bertz CT molecular complexity index is 1060. The Balaban J connectivity index is 1.59. The van der Waals surface area contributed by atoms with Crippen LogP contribution in [0, 0.1) is 6.92 Å². The predicted octanol–water partition coefficient (Wildman–Crippen LogP) is 3.93. The minimum atomic E-state index is -0.308. The second-order valence-corrected chi connectivity index (χ2v) is 7.42. The van der Waals surface area contributed by atoms with Gasteiger partial charge in [-0.1, -0.05) is 23.7 Å². The van der Waals surface area contributed by atoms with Crippen molar-refractivity contribution in [1.82, 2.24) is 9.78 Å². The van der Waals surface area contributed by atoms with Gasteiger partial charge >= 0.3 is 0 Å². The Kier molecular flexibility index (Phi) is 5.92. The number of rotatable bonds is 5. The summed E-state index contributed by atoms with van der Waals surface area (Å²) in [5.41, 5.74) is 3.59. The molecule has 1 amide bonds. The van der Waals surface area contributed by atoms with Crippen molar-refractivity contribution in [2.45, 2.75) is 6.92 Å². The fourth-order valence-electron chi connectivity index (χ4n) is 3.47. The van der Waals surface area contributed by atoms with Crippen LogP contribution in [0.15, 0.2) is 48.7 Å². The predicted molar refractivity (Wildman–Crippen MR) is 117 cm³/mol. The van der Waals surface area contributed by atoms with Crippen LogP contribution in [0.5, 0.6) is 5.75 Å². The number of halogens is 1. The molecule has 1 N–H and O–H groups in total. The number of methoxy groups -OCH3 is 1. The molecule has 0 bridgehead atoms. The van der Waals surface area contributed by atoms with Crippen molar-refractivity contribution < 1.29 is 14.3 Å². The van der Waals surface area contributed by atoms with Crippen LogP contribution in [0.4, 0.5) is 11.4 Å². The van der Waals surface area contributed by atoms with Crippen molar-refractivity contribution in [3.63, 3.8) is 0 Å². The SMILES string of the molecule is COc1ccc(C)cc1-n1ccc(C(=O)Nc2cccc(Cl)c2N2CCOCC2)n1. The van der Waals surface area contributed by atoms with Crippen LogP contribution < -0.4 is 15.0 Å². The molecule has 3 aromatic rings. The largest absolute Gasteiger partial charge is 0.494 e. The molecule has 2 aromatic carbocycles. The fraction of sp³-hybridized carbons (Fsp3) is 0.273. The highest BCUT2D eigenvalue weighted by atomic mass is 35.5. The van der Waals surface area contributed by atoms with E-state index in [4.69, 9.17) is 21.1 Å². The first kappa shape index (κ1) is 20.3. The molecule has 2 heterocycles. The van der Waals surface area contributed by atoms with Gasteiger partial charge in [-0.3, -0.25) is 4.79 Å². The van der Waals surface area contributed by atoms with Crippen LogP contribution in [-0.2, 0) is 4.74 Å². The summed E-state index contributed by atoms with van der Waals surface area (Å²) in [6.45, 7) is 4.68. The molecule has 0 radical (unpaired) electrons. The van der Waals surface area contributed by atoms with E-state index in [0.29, 0.717) is 48.5 Å². The van der Waals surface area contributed by atoms with Gasteiger partial charge in [0.05, 0.1) is 36.7 Å². The van der Waals surface area contributed by atoms with Crippen molar-refractivity contribution in [3.8, 4) is 11.4 Å². The molecule has 0 spiro atoms. The number of benzene rings is 2. The van der Waals surface area contributed by atoms with E-state index in [1.165, 1.54) is 0 Å². The molecule has 1 aliphatic heterocycles. The lowest BCUT2D eigenvalue weighted by molar-refractivity contribution is 0.102. The maximum Gasteiger partial charge on any atom is 0.276 e. The summed E-state index contributed by atoms with van der Waals surface area (Å²) in [4.78, 5) is 15.0. The van der Waals surface area contributed by atoms with E-state index < -0.39 is 0 Å². The van der Waals surface area contributed by atoms with Crippen LogP contribution in [0.2, 0.25) is 5.02 Å². The first-order valence-corrected chi connectivity index (χ1v) is 10.1. The Labute approximate surface area is 180 Å². The first-order valence-electron chi connectivity index (χ1n) is 9.70. The summed E-state index contributed by atoms with van der Waals surface area (Å²) >= 11 is 6.46. The van der Waals surface area contributed by atoms with Gasteiger partial charge in [-0.05, 0) is 42.8 Å². The standard InChI is InChI=1S/C22H23ClN4O3/c1-15-6-7-20(29-2)19(14-15)27-9-8-18(25-27)22(28)24-17-5-3-4-16(23)21(17)26-10-12-30-13-11-26/h3-9,14H,10-13H2,1-2H3,(H,24,28). The number of carbonyl (C=O) groups excluding carboxylic acids is 1. The smallest absolute Gasteiger partial charge is 0.276 e. The Morgan fingerprint density at radius 3 is 2.77 bits per heavy atom. The average molecular weight is 427 g/mol. The van der Waals surface area contributed by atoms with E-state index in [-0.39, 0.29) is 5.91 Å². The van der Waals surface area contributed by atoms with E-state index in [1.807, 2.05) is 43.3 Å². The fourth-order valence-corrected chi connectivity index (χ4v) is 3.76. The zero-order valence-corrected chi connectivity index (χ0v) is 17.6. The number of amides is 1. The third kappa shape index (κ3) is 4.13. The third-order valence-electron chi connectivity index (χ3n) is 4.97.